The number of likely N-dealkylation sites (N-methyl/N-ethyl adjacent to an activating group) is 1. The van der Waals surface area contributed by atoms with Crippen LogP contribution in [0.4, 0.5) is 10.5 Å². The van der Waals surface area contributed by atoms with Gasteiger partial charge in [-0.3, -0.25) is 4.79 Å². The van der Waals surface area contributed by atoms with E-state index in [2.05, 4.69) is 10.6 Å². The third kappa shape index (κ3) is 3.62. The summed E-state index contributed by atoms with van der Waals surface area (Å²) in [5.41, 5.74) is 1.01. The molecule has 7 heteroatoms. The lowest BCUT2D eigenvalue weighted by Crippen LogP contribution is -2.29. The van der Waals surface area contributed by atoms with Gasteiger partial charge in [0.1, 0.15) is 12.4 Å². The van der Waals surface area contributed by atoms with Gasteiger partial charge in [0, 0.05) is 17.6 Å². The molecule has 0 atom stereocenters. The average molecular weight is 331 g/mol. The fraction of sp³-hybridized carbons (Fsp3) is 0.250. The Morgan fingerprint density at radius 1 is 1.39 bits per heavy atom. The summed E-state index contributed by atoms with van der Waals surface area (Å²) in [4.78, 5) is 26.9. The van der Waals surface area contributed by atoms with Gasteiger partial charge < -0.3 is 20.3 Å². The normalized spacial score (nSPS) is 13.8. The number of hydrogen-bond donors (Lipinski definition) is 2. The highest BCUT2D eigenvalue weighted by Gasteiger charge is 2.21. The minimum atomic E-state index is -0.311. The number of benzene rings is 1. The van der Waals surface area contributed by atoms with E-state index in [0.717, 1.165) is 4.88 Å². The molecule has 0 spiro atoms. The van der Waals surface area contributed by atoms with Crippen molar-refractivity contribution in [1.29, 1.82) is 0 Å². The number of rotatable bonds is 3. The highest BCUT2D eigenvalue weighted by molar-refractivity contribution is 7.09. The van der Waals surface area contributed by atoms with Crippen molar-refractivity contribution in [2.45, 2.75) is 6.54 Å². The molecule has 1 aromatic carbocycles. The maximum atomic E-state index is 12.3. The number of carbonyl (C=O) groups excluding carboxylic acids is 2. The molecular formula is C16H17N3O3S. The van der Waals surface area contributed by atoms with Gasteiger partial charge in [-0.25, -0.2) is 4.79 Å². The molecule has 0 aliphatic carbocycles. The molecule has 3 rings (SSSR count). The van der Waals surface area contributed by atoms with Crippen LogP contribution in [0.5, 0.6) is 5.75 Å². The highest BCUT2D eigenvalue weighted by Crippen LogP contribution is 2.26. The Balaban J connectivity index is 1.68. The van der Waals surface area contributed by atoms with Gasteiger partial charge in [-0.2, -0.15) is 0 Å². The van der Waals surface area contributed by atoms with E-state index in [-0.39, 0.29) is 11.9 Å². The van der Waals surface area contributed by atoms with E-state index in [1.807, 2.05) is 17.5 Å². The van der Waals surface area contributed by atoms with Crippen LogP contribution in [-0.2, 0) is 6.54 Å². The lowest BCUT2D eigenvalue weighted by atomic mass is 10.1. The first kappa shape index (κ1) is 15.4. The molecule has 1 aliphatic rings. The summed E-state index contributed by atoms with van der Waals surface area (Å²) in [5.74, 6) is 0.434. The molecule has 2 aromatic rings. The Kier molecular flexibility index (Phi) is 4.47. The molecular weight excluding hydrogens is 314 g/mol. The number of ether oxygens (including phenoxy) is 1. The maximum absolute atomic E-state index is 12.3. The van der Waals surface area contributed by atoms with E-state index in [1.165, 1.54) is 0 Å². The number of nitrogens with zero attached hydrogens (tertiary/aromatic N) is 1. The first-order valence-electron chi connectivity index (χ1n) is 7.23. The zero-order valence-electron chi connectivity index (χ0n) is 12.7. The lowest BCUT2D eigenvalue weighted by molar-refractivity contribution is 0.0796. The number of thiophene rings is 1. The molecule has 0 fully saturated rings. The van der Waals surface area contributed by atoms with Crippen LogP contribution in [-0.4, -0.2) is 37.0 Å². The topological polar surface area (TPSA) is 70.7 Å². The molecule has 6 nitrogen and oxygen atoms in total. The minimum Gasteiger partial charge on any atom is -0.491 e. The SMILES string of the molecule is CN1CCOc2ccc(NC(=O)NCc3cccs3)cc2C1=O. The van der Waals surface area contributed by atoms with Gasteiger partial charge in [-0.15, -0.1) is 11.3 Å². The predicted molar refractivity (Wildman–Crippen MR) is 89.1 cm³/mol. The number of hydrogen-bond acceptors (Lipinski definition) is 4. The zero-order chi connectivity index (χ0) is 16.2. The Morgan fingerprint density at radius 2 is 2.26 bits per heavy atom. The first-order chi connectivity index (χ1) is 11.1. The van der Waals surface area contributed by atoms with Crippen molar-refractivity contribution in [2.75, 3.05) is 25.5 Å². The van der Waals surface area contributed by atoms with Crippen LogP contribution < -0.4 is 15.4 Å². The summed E-state index contributed by atoms with van der Waals surface area (Å²) >= 11 is 1.58. The fourth-order valence-corrected chi connectivity index (χ4v) is 2.90. The van der Waals surface area contributed by atoms with Gasteiger partial charge in [0.25, 0.3) is 5.91 Å². The van der Waals surface area contributed by atoms with Crippen molar-refractivity contribution in [3.05, 3.63) is 46.2 Å². The first-order valence-corrected chi connectivity index (χ1v) is 8.11. The molecule has 120 valence electrons. The third-order valence-corrected chi connectivity index (χ3v) is 4.38. The summed E-state index contributed by atoms with van der Waals surface area (Å²) in [6, 6.07) is 8.66. The molecule has 1 aromatic heterocycles. The van der Waals surface area contributed by atoms with Crippen LogP contribution in [0.25, 0.3) is 0 Å². The van der Waals surface area contributed by atoms with Crippen LogP contribution in [0.2, 0.25) is 0 Å². The fourth-order valence-electron chi connectivity index (χ4n) is 2.26. The van der Waals surface area contributed by atoms with E-state index >= 15 is 0 Å². The quantitative estimate of drug-likeness (QED) is 0.908. The number of amides is 3. The largest absolute Gasteiger partial charge is 0.491 e. The second-order valence-electron chi connectivity index (χ2n) is 5.17. The molecule has 0 bridgehead atoms. The molecule has 0 saturated carbocycles. The second-order valence-corrected chi connectivity index (χ2v) is 6.21. The van der Waals surface area contributed by atoms with E-state index in [1.54, 1.807) is 41.5 Å². The van der Waals surface area contributed by atoms with Crippen molar-refractivity contribution in [3.8, 4) is 5.75 Å². The van der Waals surface area contributed by atoms with Crippen LogP contribution in [0.15, 0.2) is 35.7 Å². The van der Waals surface area contributed by atoms with Gasteiger partial charge in [-0.05, 0) is 29.6 Å². The van der Waals surface area contributed by atoms with Gasteiger partial charge in [-0.1, -0.05) is 6.07 Å². The van der Waals surface area contributed by atoms with E-state index in [4.69, 9.17) is 4.74 Å². The summed E-state index contributed by atoms with van der Waals surface area (Å²) in [5, 5.41) is 7.48. The summed E-state index contributed by atoms with van der Waals surface area (Å²) in [6.07, 6.45) is 0. The number of nitrogens with one attached hydrogen (secondary N) is 2. The standard InChI is InChI=1S/C16H17N3O3S/c1-19-6-7-22-14-5-4-11(9-13(14)15(19)20)18-16(21)17-10-12-3-2-8-23-12/h2-5,8-9H,6-7,10H2,1H3,(H2,17,18,21). The number of carbonyl (C=O) groups is 2. The zero-order valence-corrected chi connectivity index (χ0v) is 13.5. The molecule has 23 heavy (non-hydrogen) atoms. The molecule has 3 amide bonds. The third-order valence-electron chi connectivity index (χ3n) is 3.50. The van der Waals surface area contributed by atoms with Crippen molar-refractivity contribution in [3.63, 3.8) is 0 Å². The summed E-state index contributed by atoms with van der Waals surface area (Å²) in [7, 11) is 1.73. The van der Waals surface area contributed by atoms with Gasteiger partial charge in [0.05, 0.1) is 18.7 Å². The Morgan fingerprint density at radius 3 is 3.04 bits per heavy atom. The molecule has 0 radical (unpaired) electrons. The van der Waals surface area contributed by atoms with Crippen LogP contribution in [0, 0.1) is 0 Å². The van der Waals surface area contributed by atoms with Crippen molar-refractivity contribution in [1.82, 2.24) is 10.2 Å². The van der Waals surface area contributed by atoms with Crippen LogP contribution >= 0.6 is 11.3 Å². The minimum absolute atomic E-state index is 0.111. The lowest BCUT2D eigenvalue weighted by Gasteiger charge is -2.13. The number of anilines is 1. The number of fused-ring (bicyclic) bond motifs is 1. The predicted octanol–water partition coefficient (Wildman–Crippen LogP) is 2.53. The molecule has 0 saturated heterocycles. The Bertz CT molecular complexity index is 715. The van der Waals surface area contributed by atoms with E-state index in [0.29, 0.717) is 36.7 Å². The Labute approximate surface area is 138 Å². The smallest absolute Gasteiger partial charge is 0.319 e. The monoisotopic (exact) mass is 331 g/mol. The number of urea groups is 1. The highest BCUT2D eigenvalue weighted by atomic mass is 32.1. The molecule has 0 unspecified atom stereocenters. The van der Waals surface area contributed by atoms with Crippen molar-refractivity contribution < 1.29 is 14.3 Å². The van der Waals surface area contributed by atoms with Gasteiger partial charge >= 0.3 is 6.03 Å². The maximum Gasteiger partial charge on any atom is 0.319 e. The van der Waals surface area contributed by atoms with Crippen molar-refractivity contribution >= 4 is 29.0 Å². The summed E-state index contributed by atoms with van der Waals surface area (Å²) in [6.45, 7) is 1.47. The molecule has 2 heterocycles. The van der Waals surface area contributed by atoms with Crippen LogP contribution in [0.1, 0.15) is 15.2 Å². The molecule has 2 N–H and O–H groups in total. The Hall–Kier alpha value is -2.54. The summed E-state index contributed by atoms with van der Waals surface area (Å²) < 4.78 is 5.56. The van der Waals surface area contributed by atoms with E-state index in [9.17, 15) is 9.59 Å². The van der Waals surface area contributed by atoms with Crippen LogP contribution in [0.3, 0.4) is 0 Å². The van der Waals surface area contributed by atoms with Crippen molar-refractivity contribution in [2.24, 2.45) is 0 Å². The second kappa shape index (κ2) is 6.70. The average Bonchev–Trinajstić information content (AvgIpc) is 3.02. The van der Waals surface area contributed by atoms with Gasteiger partial charge in [0.15, 0.2) is 0 Å². The molecule has 1 aliphatic heterocycles. The van der Waals surface area contributed by atoms with E-state index < -0.39 is 0 Å². The van der Waals surface area contributed by atoms with Gasteiger partial charge in [0.2, 0.25) is 0 Å².